The van der Waals surface area contributed by atoms with Gasteiger partial charge in [-0.1, -0.05) is 15.9 Å². The number of hydrogen-bond donors (Lipinski definition) is 1. The second-order valence-corrected chi connectivity index (χ2v) is 5.56. The minimum absolute atomic E-state index is 0.620. The van der Waals surface area contributed by atoms with Crippen molar-refractivity contribution in [2.75, 3.05) is 13.2 Å². The van der Waals surface area contributed by atoms with Gasteiger partial charge in [0, 0.05) is 22.0 Å². The summed E-state index contributed by atoms with van der Waals surface area (Å²) in [4.78, 5) is 0. The van der Waals surface area contributed by atoms with Crippen molar-refractivity contribution in [2.24, 2.45) is 0 Å². The van der Waals surface area contributed by atoms with Gasteiger partial charge in [0.05, 0.1) is 19.5 Å². The molecule has 0 aliphatic carbocycles. The first-order valence-electron chi connectivity index (χ1n) is 6.48. The van der Waals surface area contributed by atoms with Gasteiger partial charge in [-0.15, -0.1) is 0 Å². The SMILES string of the molecule is Cc1occc1C(O)c1cc2c(cc1Br)OCCCO2. The number of aryl methyl sites for hydroxylation is 1. The molecule has 0 amide bonds. The van der Waals surface area contributed by atoms with Crippen molar-refractivity contribution < 1.29 is 19.0 Å². The lowest BCUT2D eigenvalue weighted by atomic mass is 10.0. The fourth-order valence-corrected chi connectivity index (χ4v) is 2.79. The van der Waals surface area contributed by atoms with Crippen LogP contribution in [0.5, 0.6) is 11.5 Å². The minimum Gasteiger partial charge on any atom is -0.490 e. The molecule has 1 N–H and O–H groups in total. The molecule has 0 saturated carbocycles. The third-order valence-electron chi connectivity index (χ3n) is 3.35. The Labute approximate surface area is 125 Å². The Morgan fingerprint density at radius 3 is 2.50 bits per heavy atom. The zero-order valence-electron chi connectivity index (χ0n) is 11.1. The van der Waals surface area contributed by atoms with Gasteiger partial charge in [-0.3, -0.25) is 0 Å². The normalized spacial score (nSPS) is 15.8. The van der Waals surface area contributed by atoms with E-state index in [2.05, 4.69) is 15.9 Å². The molecular formula is C15H15BrO4. The van der Waals surface area contributed by atoms with Crippen LogP contribution in [0.15, 0.2) is 33.4 Å². The fourth-order valence-electron chi connectivity index (χ4n) is 2.26. The lowest BCUT2D eigenvalue weighted by Gasteiger charge is -2.16. The first kappa shape index (κ1) is 13.5. The van der Waals surface area contributed by atoms with Gasteiger partial charge in [-0.05, 0) is 25.1 Å². The lowest BCUT2D eigenvalue weighted by Crippen LogP contribution is -2.02. The zero-order chi connectivity index (χ0) is 14.1. The second kappa shape index (κ2) is 5.50. The third kappa shape index (κ3) is 2.43. The molecule has 20 heavy (non-hydrogen) atoms. The maximum Gasteiger partial charge on any atom is 0.162 e. The largest absolute Gasteiger partial charge is 0.490 e. The van der Waals surface area contributed by atoms with Crippen LogP contribution in [0.1, 0.15) is 29.4 Å². The third-order valence-corrected chi connectivity index (χ3v) is 4.04. The first-order chi connectivity index (χ1) is 9.66. The van der Waals surface area contributed by atoms with E-state index in [0.29, 0.717) is 30.5 Å². The van der Waals surface area contributed by atoms with Gasteiger partial charge in [0.1, 0.15) is 11.9 Å². The fraction of sp³-hybridized carbons (Fsp3) is 0.333. The summed E-state index contributed by atoms with van der Waals surface area (Å²) in [6, 6.07) is 5.44. The van der Waals surface area contributed by atoms with Gasteiger partial charge in [-0.25, -0.2) is 0 Å². The van der Waals surface area contributed by atoms with Crippen LogP contribution in [0.2, 0.25) is 0 Å². The summed E-state index contributed by atoms with van der Waals surface area (Å²) in [5.74, 6) is 2.08. The molecule has 4 nitrogen and oxygen atoms in total. The highest BCUT2D eigenvalue weighted by Crippen LogP contribution is 2.39. The number of furan rings is 1. The van der Waals surface area contributed by atoms with Crippen molar-refractivity contribution >= 4 is 15.9 Å². The van der Waals surface area contributed by atoms with Gasteiger partial charge in [0.25, 0.3) is 0 Å². The van der Waals surface area contributed by atoms with Crippen LogP contribution in [0, 0.1) is 6.92 Å². The predicted octanol–water partition coefficient (Wildman–Crippen LogP) is 3.59. The molecule has 0 spiro atoms. The number of aliphatic hydroxyl groups excluding tert-OH is 1. The van der Waals surface area contributed by atoms with Gasteiger partial charge >= 0.3 is 0 Å². The van der Waals surface area contributed by atoms with Crippen LogP contribution in [0.25, 0.3) is 0 Å². The van der Waals surface area contributed by atoms with Crippen molar-refractivity contribution in [1.82, 2.24) is 0 Å². The molecule has 1 unspecified atom stereocenters. The molecule has 2 heterocycles. The van der Waals surface area contributed by atoms with E-state index in [4.69, 9.17) is 13.9 Å². The van der Waals surface area contributed by atoms with Crippen LogP contribution < -0.4 is 9.47 Å². The molecule has 2 aromatic rings. The number of rotatable bonds is 2. The number of hydrogen-bond acceptors (Lipinski definition) is 4. The molecular weight excluding hydrogens is 324 g/mol. The van der Waals surface area contributed by atoms with Gasteiger partial charge in [-0.2, -0.15) is 0 Å². The van der Waals surface area contributed by atoms with Crippen LogP contribution in [0.3, 0.4) is 0 Å². The van der Waals surface area contributed by atoms with Crippen LogP contribution in [0.4, 0.5) is 0 Å². The Bertz CT molecular complexity index is 620. The molecule has 5 heteroatoms. The smallest absolute Gasteiger partial charge is 0.162 e. The highest BCUT2D eigenvalue weighted by molar-refractivity contribution is 9.10. The Balaban J connectivity index is 2.01. The van der Waals surface area contributed by atoms with Crippen LogP contribution in [-0.4, -0.2) is 18.3 Å². The molecule has 106 valence electrons. The Morgan fingerprint density at radius 2 is 1.85 bits per heavy atom. The van der Waals surface area contributed by atoms with E-state index in [1.807, 2.05) is 19.1 Å². The minimum atomic E-state index is -0.764. The van der Waals surface area contributed by atoms with Crippen molar-refractivity contribution in [3.05, 3.63) is 45.8 Å². The van der Waals surface area contributed by atoms with E-state index >= 15 is 0 Å². The summed E-state index contributed by atoms with van der Waals surface area (Å²) in [5.41, 5.74) is 1.49. The lowest BCUT2D eigenvalue weighted by molar-refractivity contribution is 0.216. The van der Waals surface area contributed by atoms with Gasteiger partial charge < -0.3 is 19.0 Å². The Morgan fingerprint density at radius 1 is 1.15 bits per heavy atom. The predicted molar refractivity (Wildman–Crippen MR) is 77.3 cm³/mol. The van der Waals surface area contributed by atoms with E-state index < -0.39 is 6.10 Å². The van der Waals surface area contributed by atoms with Crippen LogP contribution >= 0.6 is 15.9 Å². The summed E-state index contributed by atoms with van der Waals surface area (Å²) in [5, 5.41) is 10.5. The number of fused-ring (bicyclic) bond motifs is 1. The van der Waals surface area contributed by atoms with Crippen LogP contribution in [-0.2, 0) is 0 Å². The summed E-state index contributed by atoms with van der Waals surface area (Å²) in [6.45, 7) is 3.09. The monoisotopic (exact) mass is 338 g/mol. The maximum atomic E-state index is 10.5. The maximum absolute atomic E-state index is 10.5. The second-order valence-electron chi connectivity index (χ2n) is 4.71. The van der Waals surface area contributed by atoms with Crippen molar-refractivity contribution in [1.29, 1.82) is 0 Å². The molecule has 1 aromatic heterocycles. The van der Waals surface area contributed by atoms with Gasteiger partial charge in [0.2, 0.25) is 0 Å². The number of halogens is 1. The molecule has 3 rings (SSSR count). The van der Waals surface area contributed by atoms with Crippen molar-refractivity contribution in [2.45, 2.75) is 19.4 Å². The molecule has 0 bridgehead atoms. The van der Waals surface area contributed by atoms with Crippen molar-refractivity contribution in [3.8, 4) is 11.5 Å². The first-order valence-corrected chi connectivity index (χ1v) is 7.27. The number of aliphatic hydroxyl groups is 1. The number of benzene rings is 1. The highest BCUT2D eigenvalue weighted by atomic mass is 79.9. The Kier molecular flexibility index (Phi) is 3.72. The summed E-state index contributed by atoms with van der Waals surface area (Å²) in [6.07, 6.45) is 1.66. The highest BCUT2D eigenvalue weighted by Gasteiger charge is 2.21. The van der Waals surface area contributed by atoms with E-state index in [-0.39, 0.29) is 0 Å². The molecule has 1 aromatic carbocycles. The summed E-state index contributed by atoms with van der Waals surface area (Å²) in [7, 11) is 0. The van der Waals surface area contributed by atoms with Crippen molar-refractivity contribution in [3.63, 3.8) is 0 Å². The molecule has 0 fully saturated rings. The topological polar surface area (TPSA) is 51.8 Å². The molecule has 0 radical (unpaired) electrons. The molecule has 1 atom stereocenters. The average Bonchev–Trinajstić information content (AvgIpc) is 2.72. The number of ether oxygens (including phenoxy) is 2. The van der Waals surface area contributed by atoms with Gasteiger partial charge in [0.15, 0.2) is 11.5 Å². The average molecular weight is 339 g/mol. The molecule has 1 aliphatic heterocycles. The van der Waals surface area contributed by atoms with E-state index in [1.54, 1.807) is 12.3 Å². The standard InChI is InChI=1S/C15H15BrO4/c1-9-10(3-6-18-9)15(17)11-7-13-14(8-12(11)16)20-5-2-4-19-13/h3,6-8,15,17H,2,4-5H2,1H3. The molecule has 0 saturated heterocycles. The molecule has 1 aliphatic rings. The van der Waals surface area contributed by atoms with E-state index in [9.17, 15) is 5.11 Å². The Hall–Kier alpha value is -1.46. The van der Waals surface area contributed by atoms with E-state index in [1.165, 1.54) is 0 Å². The summed E-state index contributed by atoms with van der Waals surface area (Å²) < 4.78 is 17.3. The van der Waals surface area contributed by atoms with E-state index in [0.717, 1.165) is 22.0 Å². The quantitative estimate of drug-likeness (QED) is 0.908. The summed E-state index contributed by atoms with van der Waals surface area (Å²) >= 11 is 3.49. The zero-order valence-corrected chi connectivity index (χ0v) is 12.6.